The zero-order valence-corrected chi connectivity index (χ0v) is 12.2. The highest BCUT2D eigenvalue weighted by atomic mass is 32.2. The van der Waals surface area contributed by atoms with Gasteiger partial charge in [-0.25, -0.2) is 0 Å². The fraction of sp³-hybridized carbons (Fsp3) is 0.333. The fourth-order valence-corrected chi connectivity index (χ4v) is 2.20. The average Bonchev–Trinajstić information content (AvgIpc) is 2.31. The molecule has 0 aliphatic heterocycles. The Morgan fingerprint density at radius 2 is 2.00 bits per heavy atom. The van der Waals surface area contributed by atoms with Crippen LogP contribution in [-0.4, -0.2) is 21.8 Å². The van der Waals surface area contributed by atoms with Gasteiger partial charge in [-0.3, -0.25) is 9.59 Å². The number of rotatable bonds is 5. The number of Topliss-reactive ketones (excluding diaryl/α,β-unsaturated/α-hetero) is 1. The van der Waals surface area contributed by atoms with E-state index in [1.165, 1.54) is 18.7 Å². The summed E-state index contributed by atoms with van der Waals surface area (Å²) >= 11 is 1.30. The van der Waals surface area contributed by atoms with E-state index < -0.39 is 0 Å². The van der Waals surface area contributed by atoms with Gasteiger partial charge < -0.3 is 5.11 Å². The second-order valence-corrected chi connectivity index (χ2v) is 5.59. The summed E-state index contributed by atoms with van der Waals surface area (Å²) in [5.74, 6) is 0.618. The molecule has 0 unspecified atom stereocenters. The molecule has 0 bridgehead atoms. The Bertz CT molecular complexity index is 518. The maximum atomic E-state index is 11.3. The van der Waals surface area contributed by atoms with Crippen molar-refractivity contribution < 1.29 is 14.7 Å². The summed E-state index contributed by atoms with van der Waals surface area (Å²) in [6.45, 7) is 4.88. The van der Waals surface area contributed by atoms with Crippen molar-refractivity contribution in [1.82, 2.24) is 0 Å². The Labute approximate surface area is 117 Å². The first-order valence-corrected chi connectivity index (χ1v) is 7.05. The number of ketones is 1. The molecule has 0 saturated carbocycles. The second-order valence-electron chi connectivity index (χ2n) is 4.31. The maximum Gasteiger partial charge on any atom is 0.185 e. The van der Waals surface area contributed by atoms with Crippen molar-refractivity contribution in [1.29, 1.82) is 0 Å². The Hall–Kier alpha value is -1.55. The van der Waals surface area contributed by atoms with E-state index in [0.29, 0.717) is 5.56 Å². The van der Waals surface area contributed by atoms with Crippen molar-refractivity contribution in [2.45, 2.75) is 27.2 Å². The number of thioether (sulfide) groups is 1. The lowest BCUT2D eigenvalue weighted by Gasteiger charge is -2.06. The Balaban J connectivity index is 2.74. The van der Waals surface area contributed by atoms with Crippen LogP contribution in [0.15, 0.2) is 18.2 Å². The van der Waals surface area contributed by atoms with Crippen LogP contribution in [0.3, 0.4) is 0 Å². The SMILES string of the molecule is CC(=O)SCCC=Cc1cc(O)c(C(C)=O)cc1C. The molecule has 1 rings (SSSR count). The van der Waals surface area contributed by atoms with Crippen molar-refractivity contribution >= 4 is 28.7 Å². The third-order valence-corrected chi connectivity index (χ3v) is 3.50. The zero-order valence-electron chi connectivity index (χ0n) is 11.4. The molecular formula is C15H18O3S. The quantitative estimate of drug-likeness (QED) is 0.660. The molecule has 4 heteroatoms. The van der Waals surface area contributed by atoms with Crippen LogP contribution in [0.1, 0.15) is 41.8 Å². The predicted molar refractivity (Wildman–Crippen MR) is 79.6 cm³/mol. The van der Waals surface area contributed by atoms with Crippen LogP contribution < -0.4 is 0 Å². The van der Waals surface area contributed by atoms with Crippen LogP contribution in [0, 0.1) is 6.92 Å². The smallest absolute Gasteiger partial charge is 0.185 e. The number of phenolic OH excluding ortho intramolecular Hbond substituents is 1. The van der Waals surface area contributed by atoms with Crippen LogP contribution in [0.4, 0.5) is 0 Å². The van der Waals surface area contributed by atoms with E-state index in [4.69, 9.17) is 0 Å². The Kier molecular flexibility index (Phi) is 5.83. The first-order chi connectivity index (χ1) is 8.91. The molecule has 3 nitrogen and oxygen atoms in total. The lowest BCUT2D eigenvalue weighted by Crippen LogP contribution is -1.95. The molecule has 0 saturated heterocycles. The third-order valence-electron chi connectivity index (χ3n) is 2.65. The van der Waals surface area contributed by atoms with E-state index in [-0.39, 0.29) is 16.6 Å². The molecule has 0 radical (unpaired) electrons. The highest BCUT2D eigenvalue weighted by molar-refractivity contribution is 8.13. The number of hydrogen-bond acceptors (Lipinski definition) is 4. The van der Waals surface area contributed by atoms with Crippen molar-refractivity contribution in [2.75, 3.05) is 5.75 Å². The summed E-state index contributed by atoms with van der Waals surface area (Å²) in [6, 6.07) is 3.29. The minimum atomic E-state index is -0.144. The van der Waals surface area contributed by atoms with Gasteiger partial charge in [0.15, 0.2) is 10.9 Å². The highest BCUT2D eigenvalue weighted by Gasteiger charge is 2.08. The summed E-state index contributed by atoms with van der Waals surface area (Å²) in [5.41, 5.74) is 2.18. The van der Waals surface area contributed by atoms with Crippen LogP contribution in [-0.2, 0) is 4.79 Å². The molecule has 1 aromatic carbocycles. The zero-order chi connectivity index (χ0) is 14.4. The van der Waals surface area contributed by atoms with Gasteiger partial charge in [0.25, 0.3) is 0 Å². The van der Waals surface area contributed by atoms with Gasteiger partial charge in [-0.1, -0.05) is 23.9 Å². The van der Waals surface area contributed by atoms with Crippen LogP contribution in [0.25, 0.3) is 6.08 Å². The van der Waals surface area contributed by atoms with Gasteiger partial charge in [-0.15, -0.1) is 0 Å². The number of hydrogen-bond donors (Lipinski definition) is 1. The summed E-state index contributed by atoms with van der Waals surface area (Å²) < 4.78 is 0. The summed E-state index contributed by atoms with van der Waals surface area (Å²) in [6.07, 6.45) is 4.66. The van der Waals surface area contributed by atoms with E-state index in [9.17, 15) is 14.7 Å². The van der Waals surface area contributed by atoms with Gasteiger partial charge in [0, 0.05) is 12.7 Å². The molecule has 102 valence electrons. The second kappa shape index (κ2) is 7.14. The number of aryl methyl sites for hydroxylation is 1. The van der Waals surface area contributed by atoms with Crippen molar-refractivity contribution in [3.63, 3.8) is 0 Å². The molecular weight excluding hydrogens is 260 g/mol. The van der Waals surface area contributed by atoms with Crippen molar-refractivity contribution in [3.8, 4) is 5.75 Å². The van der Waals surface area contributed by atoms with Gasteiger partial charge in [-0.2, -0.15) is 0 Å². The Morgan fingerprint density at radius 3 is 2.58 bits per heavy atom. The molecule has 0 amide bonds. The molecule has 0 spiro atoms. The standard InChI is InChI=1S/C15H18O3S/c1-10-8-14(11(2)16)15(18)9-13(10)6-4-5-7-19-12(3)17/h4,6,8-9,18H,5,7H2,1-3H3. The predicted octanol–water partition coefficient (Wildman–Crippen LogP) is 3.59. The average molecular weight is 278 g/mol. The first-order valence-electron chi connectivity index (χ1n) is 6.06. The molecule has 1 aromatic rings. The van der Waals surface area contributed by atoms with Gasteiger partial charge in [0.05, 0.1) is 5.56 Å². The van der Waals surface area contributed by atoms with E-state index in [0.717, 1.165) is 23.3 Å². The number of phenols is 1. The monoisotopic (exact) mass is 278 g/mol. The lowest BCUT2D eigenvalue weighted by molar-refractivity contribution is -0.109. The molecule has 0 heterocycles. The summed E-state index contributed by atoms with van der Waals surface area (Å²) in [5, 5.41) is 9.88. The van der Waals surface area contributed by atoms with Gasteiger partial charge in [0.2, 0.25) is 0 Å². The molecule has 0 aromatic heterocycles. The van der Waals surface area contributed by atoms with Crippen molar-refractivity contribution in [3.05, 3.63) is 34.9 Å². The molecule has 0 atom stereocenters. The van der Waals surface area contributed by atoms with Crippen LogP contribution in [0.2, 0.25) is 0 Å². The number of aromatic hydroxyl groups is 1. The van der Waals surface area contributed by atoms with E-state index >= 15 is 0 Å². The van der Waals surface area contributed by atoms with Crippen LogP contribution in [0.5, 0.6) is 5.75 Å². The van der Waals surface area contributed by atoms with Gasteiger partial charge in [0.1, 0.15) is 5.75 Å². The first kappa shape index (κ1) is 15.5. The normalized spacial score (nSPS) is 10.9. The lowest BCUT2D eigenvalue weighted by atomic mass is 10.0. The van der Waals surface area contributed by atoms with E-state index in [2.05, 4.69) is 0 Å². The molecule has 1 N–H and O–H groups in total. The number of allylic oxidation sites excluding steroid dienone is 1. The fourth-order valence-electron chi connectivity index (χ4n) is 1.66. The molecule has 0 fully saturated rings. The van der Waals surface area contributed by atoms with Gasteiger partial charge >= 0.3 is 0 Å². The number of carbonyl (C=O) groups excluding carboxylic acids is 2. The van der Waals surface area contributed by atoms with E-state index in [1.54, 1.807) is 19.1 Å². The van der Waals surface area contributed by atoms with Crippen molar-refractivity contribution in [2.24, 2.45) is 0 Å². The minimum Gasteiger partial charge on any atom is -0.507 e. The molecule has 0 aliphatic rings. The topological polar surface area (TPSA) is 54.4 Å². The third kappa shape index (κ3) is 4.91. The number of benzene rings is 1. The number of carbonyl (C=O) groups is 2. The summed E-state index contributed by atoms with van der Waals surface area (Å²) in [4.78, 5) is 22.0. The maximum absolute atomic E-state index is 11.3. The van der Waals surface area contributed by atoms with Gasteiger partial charge in [-0.05, 0) is 43.5 Å². The Morgan fingerprint density at radius 1 is 1.32 bits per heavy atom. The van der Waals surface area contributed by atoms with E-state index in [1.807, 2.05) is 19.1 Å². The minimum absolute atomic E-state index is 0.0101. The highest BCUT2D eigenvalue weighted by Crippen LogP contribution is 2.24. The summed E-state index contributed by atoms with van der Waals surface area (Å²) in [7, 11) is 0. The molecule has 0 aliphatic carbocycles. The largest absolute Gasteiger partial charge is 0.507 e. The van der Waals surface area contributed by atoms with Crippen LogP contribution >= 0.6 is 11.8 Å². The molecule has 19 heavy (non-hydrogen) atoms.